The van der Waals surface area contributed by atoms with E-state index in [1.54, 1.807) is 18.2 Å². The second-order valence-electron chi connectivity index (χ2n) is 4.01. The number of benzene rings is 1. The first-order valence-electron chi connectivity index (χ1n) is 5.07. The van der Waals surface area contributed by atoms with Gasteiger partial charge in [-0.15, -0.1) is 0 Å². The molecule has 0 saturated carbocycles. The highest BCUT2D eigenvalue weighted by Gasteiger charge is 2.31. The van der Waals surface area contributed by atoms with Crippen molar-refractivity contribution >= 4 is 11.5 Å². The van der Waals surface area contributed by atoms with Crippen LogP contribution < -0.4 is 0 Å². The van der Waals surface area contributed by atoms with Crippen molar-refractivity contribution in [3.63, 3.8) is 0 Å². The summed E-state index contributed by atoms with van der Waals surface area (Å²) in [5.74, 6) is 1.04. The number of hydrogen-bond acceptors (Lipinski definition) is 4. The summed E-state index contributed by atoms with van der Waals surface area (Å²) in [6.07, 6.45) is 0.325. The van der Waals surface area contributed by atoms with Crippen molar-refractivity contribution in [3.8, 4) is 5.75 Å². The summed E-state index contributed by atoms with van der Waals surface area (Å²) in [5.41, 5.74) is 1.88. The van der Waals surface area contributed by atoms with E-state index in [1.807, 2.05) is 0 Å². The van der Waals surface area contributed by atoms with Crippen LogP contribution in [0.4, 0.5) is 5.69 Å². The summed E-state index contributed by atoms with van der Waals surface area (Å²) in [6, 6.07) is 5.15. The number of aliphatic hydroxyl groups excluding tert-OH is 1. The Labute approximate surface area is 87.5 Å². The molecule has 1 atom stereocenters. The largest absolute Gasteiger partial charge is 0.508 e. The molecule has 78 valence electrons. The molecule has 2 heterocycles. The minimum absolute atomic E-state index is 0.271. The molecular formula is C11H12N2O2. The van der Waals surface area contributed by atoms with Crippen molar-refractivity contribution < 1.29 is 10.2 Å². The van der Waals surface area contributed by atoms with E-state index in [4.69, 9.17) is 0 Å². The molecule has 1 saturated heterocycles. The van der Waals surface area contributed by atoms with Crippen molar-refractivity contribution in [2.75, 3.05) is 6.54 Å². The van der Waals surface area contributed by atoms with Gasteiger partial charge in [0, 0.05) is 18.7 Å². The van der Waals surface area contributed by atoms with Gasteiger partial charge in [0.15, 0.2) is 0 Å². The van der Waals surface area contributed by atoms with Gasteiger partial charge in [-0.05, 0) is 24.6 Å². The standard InChI is InChI=1S/C11H12N2O2/c14-8-1-2-9-7(5-8)6-13-4-3-10(15)11(13)12-9/h1-2,5,10,14-15H,3-4,6H2. The molecule has 1 unspecified atom stereocenters. The molecule has 2 N–H and O–H groups in total. The average Bonchev–Trinajstić information content (AvgIpc) is 2.57. The molecule has 2 aliphatic heterocycles. The quantitative estimate of drug-likeness (QED) is 0.663. The van der Waals surface area contributed by atoms with Gasteiger partial charge < -0.3 is 15.1 Å². The molecule has 1 aromatic carbocycles. The number of rotatable bonds is 0. The predicted octanol–water partition coefficient (Wildman–Crippen LogP) is 1.00. The predicted molar refractivity (Wildman–Crippen MR) is 56.2 cm³/mol. The molecule has 1 aromatic rings. The summed E-state index contributed by atoms with van der Waals surface area (Å²) in [4.78, 5) is 6.47. The van der Waals surface area contributed by atoms with Crippen LogP contribution in [0.2, 0.25) is 0 Å². The van der Waals surface area contributed by atoms with Gasteiger partial charge in [0.25, 0.3) is 0 Å². The Hall–Kier alpha value is -1.55. The first-order chi connectivity index (χ1) is 7.24. The number of phenols is 1. The van der Waals surface area contributed by atoms with Gasteiger partial charge in [-0.2, -0.15) is 0 Å². The minimum atomic E-state index is -0.424. The lowest BCUT2D eigenvalue weighted by Gasteiger charge is -2.25. The SMILES string of the molecule is Oc1ccc2c(c1)CN1CCC(O)C1=N2. The van der Waals surface area contributed by atoms with E-state index in [0.29, 0.717) is 0 Å². The van der Waals surface area contributed by atoms with Crippen LogP contribution in [-0.4, -0.2) is 33.6 Å². The number of amidine groups is 1. The summed E-state index contributed by atoms with van der Waals surface area (Å²) < 4.78 is 0. The Kier molecular flexibility index (Phi) is 1.73. The maximum atomic E-state index is 9.68. The Balaban J connectivity index is 2.08. The minimum Gasteiger partial charge on any atom is -0.508 e. The normalized spacial score (nSPS) is 23.4. The lowest BCUT2D eigenvalue weighted by molar-refractivity contribution is 0.245. The molecule has 0 spiro atoms. The van der Waals surface area contributed by atoms with E-state index >= 15 is 0 Å². The highest BCUT2D eigenvalue weighted by Crippen LogP contribution is 2.32. The number of hydrogen-bond donors (Lipinski definition) is 2. The van der Waals surface area contributed by atoms with Crippen LogP contribution in [0.5, 0.6) is 5.75 Å². The zero-order valence-corrected chi connectivity index (χ0v) is 8.22. The van der Waals surface area contributed by atoms with E-state index in [2.05, 4.69) is 9.89 Å². The summed E-state index contributed by atoms with van der Waals surface area (Å²) in [7, 11) is 0. The van der Waals surface area contributed by atoms with E-state index < -0.39 is 6.10 Å². The third kappa shape index (κ3) is 1.29. The van der Waals surface area contributed by atoms with Crippen LogP contribution >= 0.6 is 0 Å². The Morgan fingerprint density at radius 1 is 1.40 bits per heavy atom. The zero-order valence-electron chi connectivity index (χ0n) is 8.22. The topological polar surface area (TPSA) is 56.1 Å². The van der Waals surface area contributed by atoms with Gasteiger partial charge in [-0.1, -0.05) is 0 Å². The zero-order chi connectivity index (χ0) is 10.4. The fourth-order valence-electron chi connectivity index (χ4n) is 2.17. The fraction of sp³-hybridized carbons (Fsp3) is 0.364. The third-order valence-electron chi connectivity index (χ3n) is 2.95. The number of fused-ring (bicyclic) bond motifs is 2. The Morgan fingerprint density at radius 3 is 3.13 bits per heavy atom. The smallest absolute Gasteiger partial charge is 0.134 e. The second kappa shape index (κ2) is 2.97. The van der Waals surface area contributed by atoms with Crippen LogP contribution in [0.25, 0.3) is 0 Å². The number of aliphatic hydroxyl groups is 1. The van der Waals surface area contributed by atoms with Gasteiger partial charge in [0.1, 0.15) is 17.7 Å². The van der Waals surface area contributed by atoms with Crippen molar-refractivity contribution in [1.29, 1.82) is 0 Å². The molecule has 0 bridgehead atoms. The van der Waals surface area contributed by atoms with Crippen LogP contribution in [0.15, 0.2) is 23.2 Å². The molecule has 1 fully saturated rings. The van der Waals surface area contributed by atoms with Crippen LogP contribution in [0, 0.1) is 0 Å². The van der Waals surface area contributed by atoms with E-state index in [9.17, 15) is 10.2 Å². The van der Waals surface area contributed by atoms with Crippen LogP contribution in [-0.2, 0) is 6.54 Å². The fourth-order valence-corrected chi connectivity index (χ4v) is 2.17. The molecule has 15 heavy (non-hydrogen) atoms. The van der Waals surface area contributed by atoms with Gasteiger partial charge in [-0.3, -0.25) is 0 Å². The lowest BCUT2D eigenvalue weighted by Crippen LogP contribution is -2.31. The molecule has 0 amide bonds. The molecule has 2 aliphatic rings. The van der Waals surface area contributed by atoms with Crippen molar-refractivity contribution in [2.24, 2.45) is 4.99 Å². The molecule has 0 radical (unpaired) electrons. The molecule has 4 heteroatoms. The highest BCUT2D eigenvalue weighted by molar-refractivity contribution is 5.92. The second-order valence-corrected chi connectivity index (χ2v) is 4.01. The number of phenolic OH excluding ortho intramolecular Hbond substituents is 1. The maximum Gasteiger partial charge on any atom is 0.134 e. The summed E-state index contributed by atoms with van der Waals surface area (Å²) >= 11 is 0. The molecule has 0 aliphatic carbocycles. The van der Waals surface area contributed by atoms with Gasteiger partial charge in [0.05, 0.1) is 5.69 Å². The Bertz CT molecular complexity index is 442. The van der Waals surface area contributed by atoms with Crippen LogP contribution in [0.1, 0.15) is 12.0 Å². The third-order valence-corrected chi connectivity index (χ3v) is 2.95. The molecule has 0 aromatic heterocycles. The lowest BCUT2D eigenvalue weighted by atomic mass is 10.1. The highest BCUT2D eigenvalue weighted by atomic mass is 16.3. The van der Waals surface area contributed by atoms with E-state index in [0.717, 1.165) is 36.6 Å². The first kappa shape index (κ1) is 8.73. The molecular weight excluding hydrogens is 192 g/mol. The van der Waals surface area contributed by atoms with Crippen molar-refractivity contribution in [1.82, 2.24) is 4.90 Å². The number of aliphatic imine (C=N–C) groups is 1. The Morgan fingerprint density at radius 2 is 2.27 bits per heavy atom. The molecule has 4 nitrogen and oxygen atoms in total. The van der Waals surface area contributed by atoms with Gasteiger partial charge in [-0.25, -0.2) is 4.99 Å². The summed E-state index contributed by atoms with van der Waals surface area (Å²) in [5, 5.41) is 19.0. The van der Waals surface area contributed by atoms with Gasteiger partial charge in [0.2, 0.25) is 0 Å². The maximum absolute atomic E-state index is 9.68. The molecule has 3 rings (SSSR count). The first-order valence-corrected chi connectivity index (χ1v) is 5.07. The summed E-state index contributed by atoms with van der Waals surface area (Å²) in [6.45, 7) is 1.58. The van der Waals surface area contributed by atoms with Crippen LogP contribution in [0.3, 0.4) is 0 Å². The monoisotopic (exact) mass is 204 g/mol. The van der Waals surface area contributed by atoms with E-state index in [-0.39, 0.29) is 5.75 Å². The van der Waals surface area contributed by atoms with Crippen molar-refractivity contribution in [3.05, 3.63) is 23.8 Å². The van der Waals surface area contributed by atoms with E-state index in [1.165, 1.54) is 0 Å². The number of aromatic hydroxyl groups is 1. The number of nitrogens with zero attached hydrogens (tertiary/aromatic N) is 2. The van der Waals surface area contributed by atoms with Gasteiger partial charge >= 0.3 is 0 Å². The average molecular weight is 204 g/mol. The van der Waals surface area contributed by atoms with Crippen molar-refractivity contribution in [2.45, 2.75) is 19.1 Å².